The molecule has 1 heterocycles. The molecule has 2 rings (SSSR count). The Hall–Kier alpha value is -1.62. The van der Waals surface area contributed by atoms with E-state index in [-0.39, 0.29) is 24.1 Å². The fourth-order valence-electron chi connectivity index (χ4n) is 2.47. The van der Waals surface area contributed by atoms with Crippen molar-refractivity contribution in [3.05, 3.63) is 29.6 Å². The molecule has 5 heteroatoms. The smallest absolute Gasteiger partial charge is 0.256 e. The van der Waals surface area contributed by atoms with Gasteiger partial charge in [-0.15, -0.1) is 0 Å². The number of amides is 1. The average molecular weight is 280 g/mol. The highest BCUT2D eigenvalue weighted by atomic mass is 19.1. The summed E-state index contributed by atoms with van der Waals surface area (Å²) < 4.78 is 13.9. The van der Waals surface area contributed by atoms with Crippen molar-refractivity contribution in [3.63, 3.8) is 0 Å². The largest absolute Gasteiger partial charge is 0.396 e. The van der Waals surface area contributed by atoms with E-state index in [1.807, 2.05) is 6.92 Å². The maximum Gasteiger partial charge on any atom is 0.256 e. The van der Waals surface area contributed by atoms with Crippen LogP contribution in [0.4, 0.5) is 10.1 Å². The first kappa shape index (κ1) is 14.8. The van der Waals surface area contributed by atoms with Gasteiger partial charge in [-0.1, -0.05) is 13.0 Å². The van der Waals surface area contributed by atoms with Crippen LogP contribution in [0.25, 0.3) is 0 Å². The van der Waals surface area contributed by atoms with Crippen molar-refractivity contribution in [1.82, 2.24) is 4.90 Å². The summed E-state index contributed by atoms with van der Waals surface area (Å²) in [5.74, 6) is -0.430. The Bertz CT molecular complexity index is 479. The van der Waals surface area contributed by atoms with Gasteiger partial charge >= 0.3 is 0 Å². The lowest BCUT2D eigenvalue weighted by molar-refractivity contribution is 0.0782. The monoisotopic (exact) mass is 280 g/mol. The summed E-state index contributed by atoms with van der Waals surface area (Å²) in [7, 11) is 0. The van der Waals surface area contributed by atoms with Gasteiger partial charge in [-0.2, -0.15) is 0 Å². The third-order valence-corrected chi connectivity index (χ3v) is 3.63. The van der Waals surface area contributed by atoms with Crippen LogP contribution in [0.15, 0.2) is 18.2 Å². The summed E-state index contributed by atoms with van der Waals surface area (Å²) in [4.78, 5) is 14.2. The predicted octanol–water partition coefficient (Wildman–Crippen LogP) is 2.10. The summed E-state index contributed by atoms with van der Waals surface area (Å²) in [5.41, 5.74) is 0.656. The number of benzene rings is 1. The van der Waals surface area contributed by atoms with E-state index in [0.29, 0.717) is 25.2 Å². The first-order valence-electron chi connectivity index (χ1n) is 7.09. The van der Waals surface area contributed by atoms with Gasteiger partial charge in [-0.25, -0.2) is 4.39 Å². The Morgan fingerprint density at radius 1 is 1.55 bits per heavy atom. The number of aliphatic hydroxyl groups is 1. The maximum absolute atomic E-state index is 13.9. The molecule has 1 aliphatic heterocycles. The first-order valence-corrected chi connectivity index (χ1v) is 7.09. The van der Waals surface area contributed by atoms with Gasteiger partial charge in [0.25, 0.3) is 5.91 Å². The highest BCUT2D eigenvalue weighted by Crippen LogP contribution is 2.24. The van der Waals surface area contributed by atoms with Crippen molar-refractivity contribution in [3.8, 4) is 0 Å². The van der Waals surface area contributed by atoms with E-state index in [1.54, 1.807) is 17.0 Å². The molecule has 0 bridgehead atoms. The number of para-hydroxylation sites is 1. The minimum Gasteiger partial charge on any atom is -0.396 e. The number of halogens is 1. The maximum atomic E-state index is 13.9. The van der Waals surface area contributed by atoms with Crippen LogP contribution in [0.3, 0.4) is 0 Å². The number of aliphatic hydroxyl groups excluding tert-OH is 1. The number of carbonyl (C=O) groups is 1. The van der Waals surface area contributed by atoms with Gasteiger partial charge in [0.1, 0.15) is 5.82 Å². The second-order valence-corrected chi connectivity index (χ2v) is 5.18. The molecular formula is C15H21FN2O2. The summed E-state index contributed by atoms with van der Waals surface area (Å²) in [6, 6.07) is 4.56. The molecule has 1 saturated heterocycles. The van der Waals surface area contributed by atoms with E-state index < -0.39 is 5.82 Å². The Labute approximate surface area is 118 Å². The van der Waals surface area contributed by atoms with E-state index in [2.05, 4.69) is 5.32 Å². The number of nitrogens with zero attached hydrogens (tertiary/aromatic N) is 1. The Balaban J connectivity index is 2.19. The van der Waals surface area contributed by atoms with E-state index in [0.717, 1.165) is 12.8 Å². The number of hydrogen-bond donors (Lipinski definition) is 2. The van der Waals surface area contributed by atoms with Crippen molar-refractivity contribution in [2.75, 3.05) is 31.6 Å². The number of nitrogens with one attached hydrogen (secondary N) is 1. The molecular weight excluding hydrogens is 259 g/mol. The Morgan fingerprint density at radius 2 is 2.35 bits per heavy atom. The number of hydrogen-bond acceptors (Lipinski definition) is 3. The lowest BCUT2D eigenvalue weighted by atomic mass is 10.1. The lowest BCUT2D eigenvalue weighted by Crippen LogP contribution is -2.30. The van der Waals surface area contributed by atoms with Gasteiger partial charge in [-0.05, 0) is 25.0 Å². The molecule has 1 aromatic rings. The summed E-state index contributed by atoms with van der Waals surface area (Å²) in [5, 5.41) is 12.1. The third-order valence-electron chi connectivity index (χ3n) is 3.63. The van der Waals surface area contributed by atoms with E-state index in [4.69, 9.17) is 5.11 Å². The highest BCUT2D eigenvalue weighted by Gasteiger charge is 2.28. The van der Waals surface area contributed by atoms with Crippen molar-refractivity contribution >= 4 is 11.6 Å². The first-order chi connectivity index (χ1) is 9.67. The molecule has 20 heavy (non-hydrogen) atoms. The molecule has 1 unspecified atom stereocenters. The standard InChI is InChI=1S/C15H21FN2O2/c1-2-7-17-14-12(4-3-5-13(14)16)15(20)18-8-6-11(9-18)10-19/h3-5,11,17,19H,2,6-10H2,1H3. The van der Waals surface area contributed by atoms with Crippen molar-refractivity contribution < 1.29 is 14.3 Å². The molecule has 0 radical (unpaired) electrons. The molecule has 4 nitrogen and oxygen atoms in total. The zero-order valence-corrected chi connectivity index (χ0v) is 11.7. The fourth-order valence-corrected chi connectivity index (χ4v) is 2.47. The Morgan fingerprint density at radius 3 is 3.00 bits per heavy atom. The van der Waals surface area contributed by atoms with Crippen LogP contribution in [-0.4, -0.2) is 42.2 Å². The summed E-state index contributed by atoms with van der Waals surface area (Å²) in [6.07, 6.45) is 1.66. The molecule has 0 aliphatic carbocycles. The van der Waals surface area contributed by atoms with Gasteiger partial charge < -0.3 is 15.3 Å². The van der Waals surface area contributed by atoms with Crippen LogP contribution in [0.1, 0.15) is 30.1 Å². The van der Waals surface area contributed by atoms with Gasteiger partial charge in [0.05, 0.1) is 11.3 Å². The molecule has 1 atom stereocenters. The number of rotatable bonds is 5. The molecule has 1 amide bonds. The average Bonchev–Trinajstić information content (AvgIpc) is 2.94. The van der Waals surface area contributed by atoms with E-state index in [9.17, 15) is 9.18 Å². The lowest BCUT2D eigenvalue weighted by Gasteiger charge is -2.19. The topological polar surface area (TPSA) is 52.6 Å². The summed E-state index contributed by atoms with van der Waals surface area (Å²) in [6.45, 7) is 3.86. The van der Waals surface area contributed by atoms with Crippen LogP contribution in [-0.2, 0) is 0 Å². The SMILES string of the molecule is CCCNc1c(F)cccc1C(=O)N1CCC(CO)C1. The zero-order chi connectivity index (χ0) is 14.5. The van der Waals surface area contributed by atoms with Gasteiger partial charge in [0.2, 0.25) is 0 Å². The minimum absolute atomic E-state index is 0.0911. The second kappa shape index (κ2) is 6.70. The fraction of sp³-hybridized carbons (Fsp3) is 0.533. The molecule has 2 N–H and O–H groups in total. The highest BCUT2D eigenvalue weighted by molar-refractivity contribution is 5.99. The van der Waals surface area contributed by atoms with Crippen LogP contribution in [0, 0.1) is 11.7 Å². The van der Waals surface area contributed by atoms with Crippen molar-refractivity contribution in [2.24, 2.45) is 5.92 Å². The van der Waals surface area contributed by atoms with Gasteiger partial charge in [-0.3, -0.25) is 4.79 Å². The zero-order valence-electron chi connectivity index (χ0n) is 11.7. The molecule has 1 aliphatic rings. The molecule has 0 saturated carbocycles. The van der Waals surface area contributed by atoms with Crippen molar-refractivity contribution in [1.29, 1.82) is 0 Å². The van der Waals surface area contributed by atoms with E-state index >= 15 is 0 Å². The van der Waals surface area contributed by atoms with E-state index in [1.165, 1.54) is 6.07 Å². The number of likely N-dealkylation sites (tertiary alicyclic amines) is 1. The van der Waals surface area contributed by atoms with Crippen LogP contribution < -0.4 is 5.32 Å². The predicted molar refractivity (Wildman–Crippen MR) is 76.3 cm³/mol. The van der Waals surface area contributed by atoms with Crippen LogP contribution in [0.5, 0.6) is 0 Å². The molecule has 1 fully saturated rings. The van der Waals surface area contributed by atoms with Gasteiger partial charge in [0.15, 0.2) is 0 Å². The molecule has 1 aromatic carbocycles. The Kier molecular flexibility index (Phi) is 4.95. The van der Waals surface area contributed by atoms with Crippen molar-refractivity contribution in [2.45, 2.75) is 19.8 Å². The number of anilines is 1. The van der Waals surface area contributed by atoms with Crippen LogP contribution in [0.2, 0.25) is 0 Å². The number of carbonyl (C=O) groups excluding carboxylic acids is 1. The van der Waals surface area contributed by atoms with Gasteiger partial charge in [0, 0.05) is 32.2 Å². The molecule has 0 spiro atoms. The minimum atomic E-state index is -0.401. The van der Waals surface area contributed by atoms with Crippen LogP contribution >= 0.6 is 0 Å². The second-order valence-electron chi connectivity index (χ2n) is 5.18. The third kappa shape index (κ3) is 3.10. The molecule has 110 valence electrons. The normalized spacial score (nSPS) is 18.4. The molecule has 0 aromatic heterocycles. The quantitative estimate of drug-likeness (QED) is 0.868. The summed E-state index contributed by atoms with van der Waals surface area (Å²) >= 11 is 0.